The highest BCUT2D eigenvalue weighted by Gasteiger charge is 2.42. The zero-order valence-corrected chi connectivity index (χ0v) is 14.6. The molecule has 4 N–H and O–H groups in total. The van der Waals surface area contributed by atoms with Crippen LogP contribution in [0.3, 0.4) is 0 Å². The molecule has 1 fully saturated rings. The molecule has 0 amide bonds. The van der Waals surface area contributed by atoms with E-state index in [4.69, 9.17) is 9.84 Å². The van der Waals surface area contributed by atoms with E-state index in [0.717, 1.165) is 5.71 Å². The van der Waals surface area contributed by atoms with Crippen molar-refractivity contribution in [2.45, 2.75) is 57.3 Å². The number of aromatic nitrogens is 4. The normalized spacial score (nSPS) is 28.0. The zero-order chi connectivity index (χ0) is 18.8. The molecule has 10 nitrogen and oxygen atoms in total. The van der Waals surface area contributed by atoms with Crippen molar-refractivity contribution in [3.63, 3.8) is 0 Å². The van der Waals surface area contributed by atoms with Crippen molar-refractivity contribution >= 4 is 22.7 Å². The van der Waals surface area contributed by atoms with Crippen LogP contribution in [0.4, 0.5) is 5.82 Å². The van der Waals surface area contributed by atoms with Crippen LogP contribution in [0.5, 0.6) is 0 Å². The first-order valence-corrected chi connectivity index (χ1v) is 8.44. The summed E-state index contributed by atoms with van der Waals surface area (Å²) in [6, 6.07) is 0. The number of aliphatic hydroxyl groups excluding tert-OH is 4. The average molecular weight is 365 g/mol. The van der Waals surface area contributed by atoms with Crippen LogP contribution in [-0.2, 0) is 4.74 Å². The standard InChI is InChI=1S/C16H23N5O5/c1-8(3-4-10(23)5-22)20-14-11-15(18-6-17-14)21(7-19-11)16-13(25)12(24)9(2)26-16/h6-7,9-10,12-13,16,22-25H,3-5H2,1-2H3/b20-8+/t9-,10?,12-,13-,16-/m1/s1. The second kappa shape index (κ2) is 7.72. The van der Waals surface area contributed by atoms with Crippen molar-refractivity contribution in [1.29, 1.82) is 0 Å². The molecule has 0 aromatic carbocycles. The van der Waals surface area contributed by atoms with Gasteiger partial charge in [-0.25, -0.2) is 19.9 Å². The van der Waals surface area contributed by atoms with Gasteiger partial charge in [-0.1, -0.05) is 0 Å². The topological polar surface area (TPSA) is 146 Å². The third-order valence-corrected chi connectivity index (χ3v) is 4.44. The van der Waals surface area contributed by atoms with E-state index in [2.05, 4.69) is 19.9 Å². The van der Waals surface area contributed by atoms with Gasteiger partial charge >= 0.3 is 0 Å². The molecule has 1 saturated heterocycles. The van der Waals surface area contributed by atoms with Gasteiger partial charge in [-0.15, -0.1) is 0 Å². The van der Waals surface area contributed by atoms with Crippen LogP contribution in [0, 0.1) is 0 Å². The molecule has 1 unspecified atom stereocenters. The summed E-state index contributed by atoms with van der Waals surface area (Å²) in [5.41, 5.74) is 1.61. The number of aliphatic imine (C=N–C) groups is 1. The highest BCUT2D eigenvalue weighted by atomic mass is 16.6. The van der Waals surface area contributed by atoms with Crippen molar-refractivity contribution in [2.24, 2.45) is 4.99 Å². The van der Waals surface area contributed by atoms with Crippen molar-refractivity contribution in [1.82, 2.24) is 19.5 Å². The number of hydrogen-bond donors (Lipinski definition) is 4. The zero-order valence-electron chi connectivity index (χ0n) is 14.6. The Morgan fingerprint density at radius 2 is 2.08 bits per heavy atom. The maximum absolute atomic E-state index is 10.2. The second-order valence-corrected chi connectivity index (χ2v) is 6.46. The van der Waals surface area contributed by atoms with Crippen LogP contribution >= 0.6 is 0 Å². The van der Waals surface area contributed by atoms with E-state index in [1.165, 1.54) is 12.7 Å². The molecule has 3 rings (SSSR count). The molecule has 3 heterocycles. The maximum Gasteiger partial charge on any atom is 0.183 e. The molecule has 0 radical (unpaired) electrons. The summed E-state index contributed by atoms with van der Waals surface area (Å²) in [6.07, 6.45) is -0.445. The summed E-state index contributed by atoms with van der Waals surface area (Å²) in [5, 5.41) is 38.4. The Bertz CT molecular complexity index is 794. The largest absolute Gasteiger partial charge is 0.394 e. The van der Waals surface area contributed by atoms with Gasteiger partial charge in [0.2, 0.25) is 0 Å². The van der Waals surface area contributed by atoms with E-state index >= 15 is 0 Å². The Morgan fingerprint density at radius 3 is 2.73 bits per heavy atom. The molecular formula is C16H23N5O5. The van der Waals surface area contributed by atoms with E-state index in [1.54, 1.807) is 18.4 Å². The second-order valence-electron chi connectivity index (χ2n) is 6.46. The minimum absolute atomic E-state index is 0.288. The Morgan fingerprint density at radius 1 is 1.31 bits per heavy atom. The third kappa shape index (κ3) is 3.60. The summed E-state index contributed by atoms with van der Waals surface area (Å²) in [4.78, 5) is 17.1. The van der Waals surface area contributed by atoms with Crippen molar-refractivity contribution in [2.75, 3.05) is 6.61 Å². The van der Waals surface area contributed by atoms with E-state index in [-0.39, 0.29) is 6.61 Å². The molecule has 142 valence electrons. The van der Waals surface area contributed by atoms with Gasteiger partial charge in [-0.05, 0) is 26.7 Å². The average Bonchev–Trinajstić information content (AvgIpc) is 3.17. The van der Waals surface area contributed by atoms with Crippen LogP contribution in [0.15, 0.2) is 17.6 Å². The number of nitrogens with zero attached hydrogens (tertiary/aromatic N) is 5. The maximum atomic E-state index is 10.2. The van der Waals surface area contributed by atoms with E-state index in [1.807, 2.05) is 0 Å². The lowest BCUT2D eigenvalue weighted by Crippen LogP contribution is -2.30. The molecule has 2 aromatic rings. The molecule has 0 bridgehead atoms. The summed E-state index contributed by atoms with van der Waals surface area (Å²) in [7, 11) is 0. The third-order valence-electron chi connectivity index (χ3n) is 4.44. The molecule has 5 atom stereocenters. The lowest BCUT2D eigenvalue weighted by molar-refractivity contribution is -0.0299. The number of imidazole rings is 1. The highest BCUT2D eigenvalue weighted by molar-refractivity contribution is 5.89. The van der Waals surface area contributed by atoms with Crippen molar-refractivity contribution in [3.05, 3.63) is 12.7 Å². The summed E-state index contributed by atoms with van der Waals surface area (Å²) in [6.45, 7) is 3.20. The van der Waals surface area contributed by atoms with E-state index in [0.29, 0.717) is 29.8 Å². The Labute approximate surface area is 149 Å². The Kier molecular flexibility index (Phi) is 5.58. The van der Waals surface area contributed by atoms with E-state index < -0.39 is 30.6 Å². The lowest BCUT2D eigenvalue weighted by Gasteiger charge is -2.16. The van der Waals surface area contributed by atoms with E-state index in [9.17, 15) is 15.3 Å². The van der Waals surface area contributed by atoms with Crippen LogP contribution in [0.1, 0.15) is 32.9 Å². The first kappa shape index (κ1) is 18.8. The number of rotatable bonds is 6. The minimum atomic E-state index is -1.09. The van der Waals surface area contributed by atoms with Gasteiger partial charge in [-0.2, -0.15) is 0 Å². The monoisotopic (exact) mass is 365 g/mol. The quantitative estimate of drug-likeness (QED) is 0.510. The smallest absolute Gasteiger partial charge is 0.183 e. The molecule has 0 spiro atoms. The summed E-state index contributed by atoms with van der Waals surface area (Å²) >= 11 is 0. The van der Waals surface area contributed by atoms with Crippen molar-refractivity contribution in [3.8, 4) is 0 Å². The van der Waals surface area contributed by atoms with Gasteiger partial charge in [0.1, 0.15) is 18.5 Å². The first-order valence-electron chi connectivity index (χ1n) is 8.44. The van der Waals surface area contributed by atoms with Crippen LogP contribution in [0.25, 0.3) is 11.2 Å². The minimum Gasteiger partial charge on any atom is -0.394 e. The molecule has 0 aliphatic carbocycles. The number of hydrogen-bond acceptors (Lipinski definition) is 9. The summed E-state index contributed by atoms with van der Waals surface area (Å²) in [5.74, 6) is 0.367. The molecular weight excluding hydrogens is 342 g/mol. The van der Waals surface area contributed by atoms with Gasteiger partial charge in [-0.3, -0.25) is 4.57 Å². The fourth-order valence-corrected chi connectivity index (χ4v) is 2.87. The molecule has 0 saturated carbocycles. The molecule has 1 aliphatic heterocycles. The fourth-order valence-electron chi connectivity index (χ4n) is 2.87. The molecule has 10 heteroatoms. The van der Waals surface area contributed by atoms with Crippen LogP contribution in [-0.4, -0.2) is 76.7 Å². The number of ether oxygens (including phenoxy) is 1. The SMILES string of the molecule is C/C(CCC(O)CO)=N\c1ncnc2c1ncn2[C@@H]1O[C@H](C)[C@@H](O)[C@H]1O. The van der Waals surface area contributed by atoms with Crippen molar-refractivity contribution < 1.29 is 25.2 Å². The predicted octanol–water partition coefficient (Wildman–Crippen LogP) is -0.309. The molecule has 26 heavy (non-hydrogen) atoms. The lowest BCUT2D eigenvalue weighted by atomic mass is 10.1. The van der Waals surface area contributed by atoms with Gasteiger partial charge in [0, 0.05) is 5.71 Å². The van der Waals surface area contributed by atoms with Gasteiger partial charge in [0.15, 0.2) is 23.2 Å². The van der Waals surface area contributed by atoms with Gasteiger partial charge in [0.05, 0.1) is 25.1 Å². The Hall–Kier alpha value is -1.98. The molecule has 2 aromatic heterocycles. The Balaban J connectivity index is 1.87. The van der Waals surface area contributed by atoms with Gasteiger partial charge < -0.3 is 25.2 Å². The number of aliphatic hydroxyl groups is 4. The number of fused-ring (bicyclic) bond motifs is 1. The molecule has 1 aliphatic rings. The highest BCUT2D eigenvalue weighted by Crippen LogP contribution is 2.32. The fraction of sp³-hybridized carbons (Fsp3) is 0.625. The van der Waals surface area contributed by atoms with Gasteiger partial charge in [0.25, 0.3) is 0 Å². The summed E-state index contributed by atoms with van der Waals surface area (Å²) < 4.78 is 7.17. The predicted molar refractivity (Wildman–Crippen MR) is 92.0 cm³/mol. The van der Waals surface area contributed by atoms with Crippen LogP contribution < -0.4 is 0 Å². The first-order chi connectivity index (χ1) is 12.4. The van der Waals surface area contributed by atoms with Crippen LogP contribution in [0.2, 0.25) is 0 Å².